The van der Waals surface area contributed by atoms with Crippen LogP contribution < -0.4 is 5.32 Å². The van der Waals surface area contributed by atoms with Crippen LogP contribution in [0.4, 0.5) is 9.80 Å². The van der Waals surface area contributed by atoms with Crippen LogP contribution in [0.5, 0.6) is 0 Å². The van der Waals surface area contributed by atoms with E-state index in [1.165, 1.54) is 17.4 Å². The van der Waals surface area contributed by atoms with E-state index in [0.29, 0.717) is 29.8 Å². The summed E-state index contributed by atoms with van der Waals surface area (Å²) in [6, 6.07) is 6.11. The number of carbonyl (C=O) groups is 2. The summed E-state index contributed by atoms with van der Waals surface area (Å²) in [7, 11) is 0. The lowest BCUT2D eigenvalue weighted by atomic mass is 9.94. The van der Waals surface area contributed by atoms with Crippen molar-refractivity contribution in [2.45, 2.75) is 51.2 Å². The predicted molar refractivity (Wildman–Crippen MR) is 119 cm³/mol. The first-order valence-electron chi connectivity index (χ1n) is 10.5. The van der Waals surface area contributed by atoms with E-state index in [1.54, 1.807) is 29.4 Å². The van der Waals surface area contributed by atoms with Crippen LogP contribution in [0.3, 0.4) is 0 Å². The van der Waals surface area contributed by atoms with Crippen LogP contribution in [-0.4, -0.2) is 40.6 Å². The van der Waals surface area contributed by atoms with E-state index in [1.807, 2.05) is 13.0 Å². The molecule has 0 bridgehead atoms. The summed E-state index contributed by atoms with van der Waals surface area (Å²) in [5.41, 5.74) is 2.29. The van der Waals surface area contributed by atoms with Crippen LogP contribution in [0, 0.1) is 11.3 Å². The molecule has 0 spiro atoms. The van der Waals surface area contributed by atoms with Crippen molar-refractivity contribution in [2.75, 3.05) is 11.9 Å². The number of aromatic nitrogens is 1. The van der Waals surface area contributed by atoms with E-state index in [0.717, 1.165) is 35.4 Å². The number of rotatable bonds is 4. The third kappa shape index (κ3) is 4.78. The second kappa shape index (κ2) is 9.31. The van der Waals surface area contributed by atoms with Gasteiger partial charge in [-0.2, -0.15) is 5.26 Å². The fraction of sp³-hybridized carbons (Fsp3) is 0.391. The average Bonchev–Trinajstić information content (AvgIpc) is 3.35. The highest BCUT2D eigenvalue weighted by molar-refractivity contribution is 7.16. The molecule has 0 radical (unpaired) electrons. The van der Waals surface area contributed by atoms with Crippen molar-refractivity contribution < 1.29 is 14.3 Å². The smallest absolute Gasteiger partial charge is 0.410 e. The number of thiophene rings is 1. The van der Waals surface area contributed by atoms with E-state index in [9.17, 15) is 14.9 Å². The number of anilines is 1. The van der Waals surface area contributed by atoms with Gasteiger partial charge in [0.15, 0.2) is 0 Å². The highest BCUT2D eigenvalue weighted by Crippen LogP contribution is 2.38. The van der Waals surface area contributed by atoms with Crippen LogP contribution in [0.2, 0.25) is 0 Å². The molecule has 2 aliphatic rings. The van der Waals surface area contributed by atoms with E-state index in [2.05, 4.69) is 16.4 Å². The van der Waals surface area contributed by atoms with Crippen molar-refractivity contribution in [3.05, 3.63) is 52.2 Å². The van der Waals surface area contributed by atoms with Gasteiger partial charge < -0.3 is 15.0 Å². The molecule has 160 valence electrons. The molecule has 2 atom stereocenters. The van der Waals surface area contributed by atoms with Crippen molar-refractivity contribution in [1.82, 2.24) is 9.88 Å². The number of pyridine rings is 1. The lowest BCUT2D eigenvalue weighted by molar-refractivity contribution is -0.111. The van der Waals surface area contributed by atoms with Gasteiger partial charge in [-0.05, 0) is 55.9 Å². The summed E-state index contributed by atoms with van der Waals surface area (Å²) in [6.45, 7) is 2.79. The summed E-state index contributed by atoms with van der Waals surface area (Å²) in [5.74, 6) is -0.301. The normalized spacial score (nSPS) is 20.3. The van der Waals surface area contributed by atoms with E-state index in [4.69, 9.17) is 4.74 Å². The number of nitriles is 1. The molecule has 31 heavy (non-hydrogen) atoms. The van der Waals surface area contributed by atoms with Crippen LogP contribution in [0.1, 0.15) is 47.8 Å². The molecular formula is C23H24N4O3S. The molecule has 0 aromatic carbocycles. The lowest BCUT2D eigenvalue weighted by Crippen LogP contribution is -2.37. The molecule has 7 nitrogen and oxygen atoms in total. The molecule has 1 aliphatic heterocycles. The van der Waals surface area contributed by atoms with E-state index in [-0.39, 0.29) is 24.1 Å². The number of ether oxygens (including phenoxy) is 1. The molecule has 0 saturated carbocycles. The molecule has 8 heteroatoms. The average molecular weight is 437 g/mol. The van der Waals surface area contributed by atoms with Crippen molar-refractivity contribution in [3.8, 4) is 6.07 Å². The maximum Gasteiger partial charge on any atom is 0.410 e. The largest absolute Gasteiger partial charge is 0.446 e. The molecule has 2 aromatic heterocycles. The van der Waals surface area contributed by atoms with Crippen LogP contribution >= 0.6 is 11.3 Å². The molecule has 1 fully saturated rings. The number of nitrogens with one attached hydrogen (secondary N) is 1. The van der Waals surface area contributed by atoms with Gasteiger partial charge in [0.05, 0.1) is 5.56 Å². The van der Waals surface area contributed by atoms with Crippen LogP contribution in [0.15, 0.2) is 30.6 Å². The Morgan fingerprint density at radius 2 is 2.29 bits per heavy atom. The molecule has 4 rings (SSSR count). The first-order valence-corrected chi connectivity index (χ1v) is 11.3. The van der Waals surface area contributed by atoms with E-state index < -0.39 is 0 Å². The second-order valence-corrected chi connectivity index (χ2v) is 8.97. The molecule has 2 amide bonds. The van der Waals surface area contributed by atoms with Gasteiger partial charge in [0.2, 0.25) is 5.91 Å². The monoisotopic (exact) mass is 436 g/mol. The zero-order valence-corrected chi connectivity index (χ0v) is 18.2. The van der Waals surface area contributed by atoms with Crippen molar-refractivity contribution >= 4 is 34.4 Å². The predicted octanol–water partition coefficient (Wildman–Crippen LogP) is 4.14. The molecule has 2 aromatic rings. The van der Waals surface area contributed by atoms with Crippen LogP contribution in [-0.2, 0) is 22.4 Å². The molecule has 1 N–H and O–H groups in total. The molecule has 2 unspecified atom stereocenters. The Morgan fingerprint density at radius 3 is 3.00 bits per heavy atom. The van der Waals surface area contributed by atoms with Gasteiger partial charge in [-0.3, -0.25) is 9.78 Å². The first-order chi connectivity index (χ1) is 15.0. The third-order valence-electron chi connectivity index (χ3n) is 5.74. The van der Waals surface area contributed by atoms with Gasteiger partial charge in [0.25, 0.3) is 0 Å². The summed E-state index contributed by atoms with van der Waals surface area (Å²) < 4.78 is 5.76. The van der Waals surface area contributed by atoms with Crippen molar-refractivity contribution in [3.63, 3.8) is 0 Å². The van der Waals surface area contributed by atoms with Gasteiger partial charge >= 0.3 is 6.09 Å². The van der Waals surface area contributed by atoms with Crippen LogP contribution in [0.25, 0.3) is 6.08 Å². The SMILES string of the molecule is CC1CCCN1C(=O)OC1CCc2c(sc(NC(=O)/C=C/c3cccnc3)c2C#N)C1. The summed E-state index contributed by atoms with van der Waals surface area (Å²) >= 11 is 1.39. The highest BCUT2D eigenvalue weighted by Gasteiger charge is 2.32. The molecule has 1 saturated heterocycles. The quantitative estimate of drug-likeness (QED) is 0.727. The number of hydrogen-bond acceptors (Lipinski definition) is 6. The Morgan fingerprint density at radius 1 is 1.42 bits per heavy atom. The van der Waals surface area contributed by atoms with Gasteiger partial charge in [0.1, 0.15) is 17.2 Å². The Bertz CT molecular complexity index is 1040. The molecular weight excluding hydrogens is 412 g/mol. The first kappa shape index (κ1) is 21.1. The number of likely N-dealkylation sites (tertiary alicyclic amines) is 1. The second-order valence-electron chi connectivity index (χ2n) is 7.86. The topological polar surface area (TPSA) is 95.3 Å². The van der Waals surface area contributed by atoms with Gasteiger partial charge in [-0.15, -0.1) is 11.3 Å². The number of nitrogens with zero attached hydrogens (tertiary/aromatic N) is 3. The van der Waals surface area contributed by atoms with Gasteiger partial charge in [0, 0.05) is 42.4 Å². The minimum Gasteiger partial charge on any atom is -0.446 e. The maximum atomic E-state index is 12.5. The van der Waals surface area contributed by atoms with Gasteiger partial charge in [-0.25, -0.2) is 4.79 Å². The standard InChI is InChI=1S/C23H24N4O3S/c1-15-4-3-11-27(15)23(29)30-17-7-8-18-19(13-24)22(31-20(18)12-17)26-21(28)9-6-16-5-2-10-25-14-16/h2,5-6,9-10,14-15,17H,3-4,7-8,11-12H2,1H3,(H,26,28)/b9-6+. The Kier molecular flexibility index (Phi) is 6.33. The molecule has 1 aliphatic carbocycles. The summed E-state index contributed by atoms with van der Waals surface area (Å²) in [5, 5.41) is 13.0. The maximum absolute atomic E-state index is 12.5. The van der Waals surface area contributed by atoms with Gasteiger partial charge in [-0.1, -0.05) is 6.07 Å². The van der Waals surface area contributed by atoms with Crippen molar-refractivity contribution in [2.24, 2.45) is 0 Å². The minimum absolute atomic E-state index is 0.202. The fourth-order valence-corrected chi connectivity index (χ4v) is 5.34. The Hall–Kier alpha value is -3.18. The van der Waals surface area contributed by atoms with E-state index >= 15 is 0 Å². The Labute approximate surface area is 185 Å². The zero-order valence-electron chi connectivity index (χ0n) is 17.3. The number of carbonyl (C=O) groups excluding carboxylic acids is 2. The number of hydrogen-bond donors (Lipinski definition) is 1. The molecule has 3 heterocycles. The zero-order chi connectivity index (χ0) is 21.8. The summed E-state index contributed by atoms with van der Waals surface area (Å²) in [4.78, 5) is 31.7. The van der Waals surface area contributed by atoms with Crippen molar-refractivity contribution in [1.29, 1.82) is 5.26 Å². The Balaban J connectivity index is 1.42. The third-order valence-corrected chi connectivity index (χ3v) is 6.90. The summed E-state index contributed by atoms with van der Waals surface area (Å²) in [6.07, 6.45) is 9.93. The fourth-order valence-electron chi connectivity index (χ4n) is 4.08. The number of amides is 2. The minimum atomic E-state index is -0.301. The highest BCUT2D eigenvalue weighted by atomic mass is 32.1. The number of fused-ring (bicyclic) bond motifs is 1. The lowest BCUT2D eigenvalue weighted by Gasteiger charge is -2.27.